The van der Waals surface area contributed by atoms with E-state index >= 15 is 4.79 Å². The Morgan fingerprint density at radius 3 is 2.06 bits per heavy atom. The summed E-state index contributed by atoms with van der Waals surface area (Å²) in [6, 6.07) is 9.12. The number of nitrogens with one attached hydrogen (secondary N) is 5. The Labute approximate surface area is 430 Å². The summed E-state index contributed by atoms with van der Waals surface area (Å²) in [4.78, 5) is 90.1. The summed E-state index contributed by atoms with van der Waals surface area (Å²) in [7, 11) is 1.51. The Morgan fingerprint density at radius 1 is 0.775 bits per heavy atom. The van der Waals surface area contributed by atoms with Crippen molar-refractivity contribution < 1.29 is 43.0 Å². The molecule has 0 saturated carbocycles. The molecule has 2 aromatic heterocycles. The molecule has 0 radical (unpaired) electrons. The van der Waals surface area contributed by atoms with Crippen LogP contribution in [0, 0.1) is 0 Å². The first-order valence-electron chi connectivity index (χ1n) is 23.7. The first-order chi connectivity index (χ1) is 33.3. The maximum absolute atomic E-state index is 15.1. The van der Waals surface area contributed by atoms with Crippen LogP contribution >= 0.6 is 35.0 Å². The van der Waals surface area contributed by atoms with Gasteiger partial charge in [-0.2, -0.15) is 0 Å². The molecule has 2 aromatic carbocycles. The van der Waals surface area contributed by atoms with Crippen molar-refractivity contribution in [3.63, 3.8) is 0 Å². The molecule has 0 saturated heterocycles. The number of unbranched alkanes of at least 4 members (excludes halogenated alkanes) is 1. The molecule has 0 spiro atoms. The Balaban J connectivity index is 1.56. The van der Waals surface area contributed by atoms with E-state index in [4.69, 9.17) is 37.4 Å². The van der Waals surface area contributed by atoms with Gasteiger partial charge in [-0.1, -0.05) is 53.2 Å². The summed E-state index contributed by atoms with van der Waals surface area (Å²) >= 11 is 15.1. The molecule has 20 heteroatoms. The lowest BCUT2D eigenvalue weighted by atomic mass is 10.0. The Bertz CT molecular complexity index is 2550. The molecule has 386 valence electrons. The number of benzene rings is 2. The number of aromatic nitrogens is 2. The smallest absolute Gasteiger partial charge is 0.419 e. The third-order valence-electron chi connectivity index (χ3n) is 11.0. The van der Waals surface area contributed by atoms with Gasteiger partial charge in [0.15, 0.2) is 0 Å². The molecule has 5 rings (SSSR count). The molecule has 5 amide bonds. The number of rotatable bonds is 11. The number of carbonyl (C=O) groups is 6. The van der Waals surface area contributed by atoms with E-state index in [1.54, 1.807) is 105 Å². The molecule has 0 unspecified atom stereocenters. The number of nitrogens with zero attached hydrogens (tertiary/aromatic N) is 3. The monoisotopic (exact) mass is 1040 g/mol. The van der Waals surface area contributed by atoms with Crippen molar-refractivity contribution in [2.24, 2.45) is 0 Å². The molecule has 0 fully saturated rings. The molecule has 0 bridgehead atoms. The second-order valence-corrected chi connectivity index (χ2v) is 22.2. The van der Waals surface area contributed by atoms with Gasteiger partial charge in [0.25, 0.3) is 0 Å². The predicted octanol–water partition coefficient (Wildman–Crippen LogP) is 8.92. The van der Waals surface area contributed by atoms with Crippen LogP contribution in [-0.4, -0.2) is 106 Å². The van der Waals surface area contributed by atoms with E-state index in [0.29, 0.717) is 61.1 Å². The number of carbonyl (C=O) groups excluding carboxylic acids is 6. The van der Waals surface area contributed by atoms with Gasteiger partial charge in [-0.15, -0.1) is 0 Å². The van der Waals surface area contributed by atoms with Crippen LogP contribution in [0.25, 0.3) is 10.9 Å². The molecule has 3 heterocycles. The van der Waals surface area contributed by atoms with E-state index in [0.717, 1.165) is 5.56 Å². The van der Waals surface area contributed by atoms with Crippen molar-refractivity contribution in [1.82, 2.24) is 41.0 Å². The molecule has 5 N–H and O–H groups in total. The number of para-hydroxylation sites is 1. The second-order valence-electron chi connectivity index (χ2n) is 20.3. The van der Waals surface area contributed by atoms with E-state index in [-0.39, 0.29) is 45.4 Å². The molecule has 0 aliphatic carbocycles. The van der Waals surface area contributed by atoms with Gasteiger partial charge in [-0.3, -0.25) is 23.9 Å². The van der Waals surface area contributed by atoms with Crippen molar-refractivity contribution in [3.05, 3.63) is 87.8 Å². The summed E-state index contributed by atoms with van der Waals surface area (Å²) in [6.45, 7) is 16.4. The Kier molecular flexibility index (Phi) is 19.6. The van der Waals surface area contributed by atoms with Gasteiger partial charge in [-0.05, 0) is 130 Å². The quantitative estimate of drug-likeness (QED) is 0.0704. The first kappa shape index (κ1) is 56.4. The van der Waals surface area contributed by atoms with Crippen molar-refractivity contribution >= 4 is 81.9 Å². The van der Waals surface area contributed by atoms with Crippen molar-refractivity contribution in [2.45, 2.75) is 159 Å². The molecule has 1 aliphatic rings. The van der Waals surface area contributed by atoms with Crippen molar-refractivity contribution in [3.8, 4) is 0 Å². The van der Waals surface area contributed by atoms with Gasteiger partial charge in [-0.25, -0.2) is 14.4 Å². The molecule has 71 heavy (non-hydrogen) atoms. The summed E-state index contributed by atoms with van der Waals surface area (Å²) in [5.74, 6) is -1.59. The lowest BCUT2D eigenvalue weighted by molar-refractivity contribution is -0.142. The third-order valence-corrected chi connectivity index (χ3v) is 13.0. The minimum absolute atomic E-state index is 0.0520. The van der Waals surface area contributed by atoms with Gasteiger partial charge in [0.1, 0.15) is 28.9 Å². The standard InChI is InChI=1S/C51H68Cl2N8O9S/c1-49(2,3)68-46(65)55-23-14-13-17-38-45(64)60(10)40(26-32-30-61(48(67)70-51(7,8)9)39-19-12-11-16-33(32)39)44(63)58-28-34-35(52)20-21-36(53)42(34)71-41-29-54-25-22-31(41)27-57-37(43(62)59-38)18-15-24-56-47(66)69-50(4,5)6/h11-12,16,19-22,25,29-30,37-38,40,57H,13-15,17-18,23-24,26-28H2,1-10H3,(H,55,65)(H,56,66)(H,58,63)(H,59,62)/t37-,38-,40-/m0/s1. The first-order valence-corrected chi connectivity index (χ1v) is 25.3. The number of hydrogen-bond acceptors (Lipinski definition) is 12. The Hall–Kier alpha value is -5.56. The van der Waals surface area contributed by atoms with E-state index in [2.05, 4.69) is 31.6 Å². The highest BCUT2D eigenvalue weighted by Crippen LogP contribution is 2.40. The zero-order valence-corrected chi connectivity index (χ0v) is 44.6. The molecular weight excluding hydrogens is 972 g/mol. The number of halogens is 2. The third kappa shape index (κ3) is 17.0. The van der Waals surface area contributed by atoms with Gasteiger partial charge < -0.3 is 45.7 Å². The molecule has 17 nitrogen and oxygen atoms in total. The lowest BCUT2D eigenvalue weighted by Gasteiger charge is -2.32. The summed E-state index contributed by atoms with van der Waals surface area (Å²) in [5.41, 5.74) is 0.232. The van der Waals surface area contributed by atoms with E-state index in [1.165, 1.54) is 28.3 Å². The van der Waals surface area contributed by atoms with E-state index in [9.17, 15) is 24.0 Å². The molecule has 4 aromatic rings. The number of likely N-dealkylation sites (N-methyl/N-ethyl adjacent to an activating group) is 1. The van der Waals surface area contributed by atoms with Crippen LogP contribution < -0.4 is 26.6 Å². The fraction of sp³-hybridized carbons (Fsp3) is 0.510. The molecule has 3 atom stereocenters. The largest absolute Gasteiger partial charge is 0.444 e. The number of pyridine rings is 1. The van der Waals surface area contributed by atoms with Crippen LogP contribution in [-0.2, 0) is 48.1 Å². The number of ether oxygens (including phenoxy) is 3. The topological polar surface area (TPSA) is 211 Å². The number of amides is 5. The van der Waals surface area contributed by atoms with Crippen LogP contribution in [0.2, 0.25) is 10.0 Å². The van der Waals surface area contributed by atoms with E-state index < -0.39 is 70.9 Å². The van der Waals surface area contributed by atoms with E-state index in [1.807, 2.05) is 18.2 Å². The SMILES string of the molecule is CN1C(=O)[C@H](CCCCNC(=O)OC(C)(C)C)NC(=O)[C@H](CCCNC(=O)OC(C)(C)C)NCc2ccncc2Sc2c(Cl)ccc(Cl)c2CNC(=O)[C@@H]1Cc1cn(C(=O)OC(C)(C)C)c2ccccc12. The lowest BCUT2D eigenvalue weighted by Crippen LogP contribution is -2.57. The van der Waals surface area contributed by atoms with Gasteiger partial charge in [0.05, 0.1) is 16.6 Å². The minimum atomic E-state index is -1.20. The molecular formula is C51H68Cl2N8O9S. The zero-order chi connectivity index (χ0) is 52.3. The second kappa shape index (κ2) is 24.7. The number of alkyl carbamates (subject to hydrolysis) is 2. The zero-order valence-electron chi connectivity index (χ0n) is 42.3. The highest BCUT2D eigenvalue weighted by atomic mass is 35.5. The van der Waals surface area contributed by atoms with Crippen LogP contribution in [0.1, 0.15) is 111 Å². The summed E-state index contributed by atoms with van der Waals surface area (Å²) < 4.78 is 17.9. The fourth-order valence-corrected chi connectivity index (χ4v) is 9.31. The van der Waals surface area contributed by atoms with Gasteiger partial charge in [0.2, 0.25) is 17.7 Å². The van der Waals surface area contributed by atoms with Gasteiger partial charge in [0, 0.05) is 84.0 Å². The summed E-state index contributed by atoms with van der Waals surface area (Å²) in [6.07, 6.45) is 4.63. The maximum atomic E-state index is 15.1. The van der Waals surface area contributed by atoms with Crippen molar-refractivity contribution in [2.75, 3.05) is 20.1 Å². The summed E-state index contributed by atoms with van der Waals surface area (Å²) in [5, 5.41) is 16.3. The number of fused-ring (bicyclic) bond motifs is 3. The average Bonchev–Trinajstić information content (AvgIpc) is 3.64. The highest BCUT2D eigenvalue weighted by Gasteiger charge is 2.35. The molecule has 1 aliphatic heterocycles. The van der Waals surface area contributed by atoms with Crippen LogP contribution in [0.4, 0.5) is 14.4 Å². The minimum Gasteiger partial charge on any atom is -0.444 e. The highest BCUT2D eigenvalue weighted by molar-refractivity contribution is 7.99. The van der Waals surface area contributed by atoms with Crippen LogP contribution in [0.3, 0.4) is 0 Å². The normalized spacial score (nSPS) is 17.5. The number of hydrogen-bond donors (Lipinski definition) is 5. The van der Waals surface area contributed by atoms with Crippen LogP contribution in [0.15, 0.2) is 70.8 Å². The van der Waals surface area contributed by atoms with Gasteiger partial charge >= 0.3 is 18.3 Å². The fourth-order valence-electron chi connectivity index (χ4n) is 7.67. The Morgan fingerprint density at radius 2 is 1.39 bits per heavy atom. The van der Waals surface area contributed by atoms with Crippen molar-refractivity contribution in [1.29, 1.82) is 0 Å². The van der Waals surface area contributed by atoms with Crippen LogP contribution in [0.5, 0.6) is 0 Å². The maximum Gasteiger partial charge on any atom is 0.419 e. The predicted molar refractivity (Wildman–Crippen MR) is 275 cm³/mol. The average molecular weight is 1040 g/mol.